The molecule has 0 aromatic carbocycles. The topological polar surface area (TPSA) is 72.3 Å². The van der Waals surface area contributed by atoms with Crippen molar-refractivity contribution in [2.75, 3.05) is 25.6 Å². The van der Waals surface area contributed by atoms with Gasteiger partial charge in [-0.1, -0.05) is 0 Å². The zero-order valence-electron chi connectivity index (χ0n) is 15.7. The molecule has 3 heterocycles. The summed E-state index contributed by atoms with van der Waals surface area (Å²) in [4.78, 5) is 23.7. The van der Waals surface area contributed by atoms with Gasteiger partial charge in [0.1, 0.15) is 11.9 Å². The number of carbonyl (C=O) groups excluding carboxylic acids is 1. The second-order valence-electron chi connectivity index (χ2n) is 6.69. The first-order chi connectivity index (χ1) is 12.6. The van der Waals surface area contributed by atoms with E-state index in [1.165, 1.54) is 0 Å². The van der Waals surface area contributed by atoms with Crippen molar-refractivity contribution in [2.24, 2.45) is 5.92 Å². The maximum absolute atomic E-state index is 12.9. The largest absolute Gasteiger partial charge is 0.376 e. The van der Waals surface area contributed by atoms with Crippen LogP contribution >= 0.6 is 0 Å². The molecule has 0 aliphatic carbocycles. The number of ether oxygens (including phenoxy) is 1. The minimum Gasteiger partial charge on any atom is -0.376 e. The predicted octanol–water partition coefficient (Wildman–Crippen LogP) is 2.15. The molecule has 0 unspecified atom stereocenters. The Hall–Kier alpha value is -2.41. The molecule has 7 heteroatoms. The Kier molecular flexibility index (Phi) is 5.88. The van der Waals surface area contributed by atoms with Crippen LogP contribution in [0.15, 0.2) is 30.7 Å². The summed E-state index contributed by atoms with van der Waals surface area (Å²) in [6, 6.07) is 3.90. The van der Waals surface area contributed by atoms with Crippen LogP contribution in [0.3, 0.4) is 0 Å². The second-order valence-corrected chi connectivity index (χ2v) is 6.69. The first-order valence-corrected chi connectivity index (χ1v) is 9.13. The summed E-state index contributed by atoms with van der Waals surface area (Å²) in [5.74, 6) is 0.595. The maximum Gasteiger partial charge on any atom is 0.226 e. The maximum atomic E-state index is 12.9. The van der Waals surface area contributed by atoms with Crippen LogP contribution in [0, 0.1) is 5.92 Å². The van der Waals surface area contributed by atoms with Crippen LogP contribution in [0.1, 0.15) is 37.4 Å². The first kappa shape index (κ1) is 18.4. The summed E-state index contributed by atoms with van der Waals surface area (Å²) < 4.78 is 7.99. The average molecular weight is 357 g/mol. The van der Waals surface area contributed by atoms with Gasteiger partial charge >= 0.3 is 0 Å². The van der Waals surface area contributed by atoms with Gasteiger partial charge in [0.2, 0.25) is 5.91 Å². The highest BCUT2D eigenvalue weighted by Gasteiger charge is 2.35. The fraction of sp³-hybridized carbons (Fsp3) is 0.526. The molecule has 140 valence electrons. The molecular formula is C19H27N5O2. The van der Waals surface area contributed by atoms with Crippen molar-refractivity contribution in [3.05, 3.63) is 42.2 Å². The van der Waals surface area contributed by atoms with Gasteiger partial charge in [-0.25, -0.2) is 4.98 Å². The van der Waals surface area contributed by atoms with Crippen molar-refractivity contribution >= 4 is 11.6 Å². The Balaban J connectivity index is 1.72. The monoisotopic (exact) mass is 357 g/mol. The number of rotatable bonds is 6. The summed E-state index contributed by atoms with van der Waals surface area (Å²) in [6.07, 6.45) is 6.83. The molecule has 0 bridgehead atoms. The van der Waals surface area contributed by atoms with Gasteiger partial charge in [0.05, 0.1) is 23.8 Å². The van der Waals surface area contributed by atoms with Gasteiger partial charge in [-0.3, -0.25) is 9.78 Å². The second kappa shape index (κ2) is 8.31. The fourth-order valence-corrected chi connectivity index (χ4v) is 3.42. The molecule has 2 atom stereocenters. The molecule has 1 fully saturated rings. The minimum absolute atomic E-state index is 0.00397. The molecule has 2 aromatic heterocycles. The number of aromatic nitrogens is 3. The number of hydrogen-bond donors (Lipinski definition) is 1. The van der Waals surface area contributed by atoms with E-state index in [0.29, 0.717) is 13.2 Å². The molecule has 3 rings (SSSR count). The van der Waals surface area contributed by atoms with Crippen LogP contribution in [-0.2, 0) is 22.6 Å². The van der Waals surface area contributed by atoms with Gasteiger partial charge in [0, 0.05) is 45.8 Å². The number of nitrogens with one attached hydrogen (secondary N) is 1. The van der Waals surface area contributed by atoms with E-state index in [4.69, 9.17) is 4.74 Å². The molecule has 0 radical (unpaired) electrons. The molecule has 1 amide bonds. The molecule has 1 saturated heterocycles. The Morgan fingerprint density at radius 2 is 2.23 bits per heavy atom. The zero-order chi connectivity index (χ0) is 18.5. The van der Waals surface area contributed by atoms with Gasteiger partial charge in [-0.05, 0) is 31.9 Å². The third kappa shape index (κ3) is 3.88. The van der Waals surface area contributed by atoms with E-state index in [0.717, 1.165) is 36.6 Å². The Bertz CT molecular complexity index is 743. The van der Waals surface area contributed by atoms with E-state index in [-0.39, 0.29) is 17.9 Å². The summed E-state index contributed by atoms with van der Waals surface area (Å²) in [5, 5.41) is 3.05. The average Bonchev–Trinajstić information content (AvgIpc) is 3.15. The van der Waals surface area contributed by atoms with Crippen LogP contribution in [-0.4, -0.2) is 41.1 Å². The van der Waals surface area contributed by atoms with Gasteiger partial charge in [-0.15, -0.1) is 0 Å². The van der Waals surface area contributed by atoms with Crippen LogP contribution in [0.4, 0.5) is 5.69 Å². The van der Waals surface area contributed by atoms with E-state index < -0.39 is 0 Å². The van der Waals surface area contributed by atoms with E-state index in [1.807, 2.05) is 41.9 Å². The first-order valence-electron chi connectivity index (χ1n) is 9.13. The Morgan fingerprint density at radius 1 is 1.38 bits per heavy atom. The van der Waals surface area contributed by atoms with Crippen LogP contribution in [0.25, 0.3) is 0 Å². The summed E-state index contributed by atoms with van der Waals surface area (Å²) >= 11 is 0. The van der Waals surface area contributed by atoms with Gasteiger partial charge in [0.25, 0.3) is 0 Å². The van der Waals surface area contributed by atoms with Crippen molar-refractivity contribution in [2.45, 2.75) is 39.0 Å². The summed E-state index contributed by atoms with van der Waals surface area (Å²) in [6.45, 7) is 3.94. The highest BCUT2D eigenvalue weighted by molar-refractivity contribution is 5.79. The van der Waals surface area contributed by atoms with Crippen molar-refractivity contribution in [3.63, 3.8) is 0 Å². The number of carbonyl (C=O) groups is 1. The van der Waals surface area contributed by atoms with Crippen molar-refractivity contribution in [1.29, 1.82) is 0 Å². The molecule has 2 aromatic rings. The minimum atomic E-state index is -0.296. The predicted molar refractivity (Wildman–Crippen MR) is 99.7 cm³/mol. The lowest BCUT2D eigenvalue weighted by atomic mass is 9.92. The standard InChI is InChI=1S/C19H27N5O2/c1-4-24-11-10-21-18(24)17-14(7-6-12-26-17)19(25)22-13-15-16(23(2)3)8-5-9-20-15/h5,8-11,14,17H,4,6-7,12-13H2,1-3H3,(H,22,25)/t14-,17-/m1/s1. The molecule has 1 aliphatic rings. The van der Waals surface area contributed by atoms with Gasteiger partial charge < -0.3 is 19.5 Å². The van der Waals surface area contributed by atoms with Crippen molar-refractivity contribution in [3.8, 4) is 0 Å². The third-order valence-electron chi connectivity index (χ3n) is 4.78. The van der Waals surface area contributed by atoms with E-state index in [2.05, 4.69) is 22.2 Å². The van der Waals surface area contributed by atoms with Crippen LogP contribution in [0.2, 0.25) is 0 Å². The van der Waals surface area contributed by atoms with Crippen molar-refractivity contribution in [1.82, 2.24) is 19.9 Å². The molecule has 26 heavy (non-hydrogen) atoms. The number of hydrogen-bond acceptors (Lipinski definition) is 5. The van der Waals surface area contributed by atoms with Gasteiger partial charge in [0.15, 0.2) is 0 Å². The number of amides is 1. The van der Waals surface area contributed by atoms with Crippen LogP contribution in [0.5, 0.6) is 0 Å². The van der Waals surface area contributed by atoms with Gasteiger partial charge in [-0.2, -0.15) is 0 Å². The third-order valence-corrected chi connectivity index (χ3v) is 4.78. The summed E-state index contributed by atoms with van der Waals surface area (Å²) in [5.41, 5.74) is 1.86. The summed E-state index contributed by atoms with van der Waals surface area (Å²) in [7, 11) is 3.94. The van der Waals surface area contributed by atoms with Crippen LogP contribution < -0.4 is 10.2 Å². The number of imidazole rings is 1. The van der Waals surface area contributed by atoms with E-state index in [9.17, 15) is 4.79 Å². The number of anilines is 1. The quantitative estimate of drug-likeness (QED) is 0.858. The normalized spacial score (nSPS) is 20.0. The lowest BCUT2D eigenvalue weighted by Crippen LogP contribution is -2.38. The highest BCUT2D eigenvalue weighted by Crippen LogP contribution is 2.33. The molecule has 1 aliphatic heterocycles. The molecule has 0 spiro atoms. The highest BCUT2D eigenvalue weighted by atomic mass is 16.5. The SMILES string of the molecule is CCn1ccnc1[C@@H]1OCCC[C@H]1C(=O)NCc1ncccc1N(C)C. The van der Waals surface area contributed by atoms with Crippen molar-refractivity contribution < 1.29 is 9.53 Å². The molecule has 1 N–H and O–H groups in total. The van der Waals surface area contributed by atoms with E-state index in [1.54, 1.807) is 12.4 Å². The lowest BCUT2D eigenvalue weighted by Gasteiger charge is -2.30. The lowest BCUT2D eigenvalue weighted by molar-refractivity contribution is -0.135. The molecule has 0 saturated carbocycles. The Morgan fingerprint density at radius 3 is 3.00 bits per heavy atom. The fourth-order valence-electron chi connectivity index (χ4n) is 3.42. The molecule has 7 nitrogen and oxygen atoms in total. The Labute approximate surface area is 154 Å². The number of pyridine rings is 1. The number of nitrogens with zero attached hydrogens (tertiary/aromatic N) is 4. The zero-order valence-corrected chi connectivity index (χ0v) is 15.7. The smallest absolute Gasteiger partial charge is 0.226 e. The molecular weight excluding hydrogens is 330 g/mol. The number of aryl methyl sites for hydroxylation is 1. The van der Waals surface area contributed by atoms with E-state index >= 15 is 0 Å².